The molecular formula is C11H20BrNO2. The molecule has 0 aromatic heterocycles. The maximum Gasteiger partial charge on any atom is 0.237 e. The Morgan fingerprint density at radius 2 is 2.07 bits per heavy atom. The molecule has 4 heteroatoms. The van der Waals surface area contributed by atoms with Crippen molar-refractivity contribution < 1.29 is 9.53 Å². The molecule has 15 heavy (non-hydrogen) atoms. The molecule has 1 saturated heterocycles. The molecule has 1 rings (SSSR count). The highest BCUT2D eigenvalue weighted by Crippen LogP contribution is 2.24. The Balaban J connectivity index is 2.73. The monoisotopic (exact) mass is 277 g/mol. The Morgan fingerprint density at radius 3 is 2.53 bits per heavy atom. The smallest absolute Gasteiger partial charge is 0.237 e. The van der Waals surface area contributed by atoms with Crippen LogP contribution in [0.2, 0.25) is 0 Å². The Morgan fingerprint density at radius 1 is 1.47 bits per heavy atom. The highest BCUT2D eigenvalue weighted by molar-refractivity contribution is 9.10. The summed E-state index contributed by atoms with van der Waals surface area (Å²) in [7, 11) is 0. The van der Waals surface area contributed by atoms with E-state index < -0.39 is 0 Å². The zero-order valence-corrected chi connectivity index (χ0v) is 11.5. The molecular weight excluding hydrogens is 258 g/mol. The molecule has 1 atom stereocenters. The quantitative estimate of drug-likeness (QED) is 0.723. The minimum atomic E-state index is -0.184. The molecule has 1 heterocycles. The van der Waals surface area contributed by atoms with Crippen LogP contribution in [0.15, 0.2) is 0 Å². The molecule has 1 unspecified atom stereocenters. The molecule has 0 aromatic carbocycles. The maximum atomic E-state index is 12.2. The SMILES string of the molecule is CC(C)C(Br)C(=O)N1CCOCC1(C)C. The number of ether oxygens (including phenoxy) is 1. The van der Waals surface area contributed by atoms with Crippen molar-refractivity contribution in [3.63, 3.8) is 0 Å². The highest BCUT2D eigenvalue weighted by atomic mass is 79.9. The van der Waals surface area contributed by atoms with Gasteiger partial charge in [-0.15, -0.1) is 0 Å². The van der Waals surface area contributed by atoms with E-state index in [0.717, 1.165) is 0 Å². The topological polar surface area (TPSA) is 29.5 Å². The standard InChI is InChI=1S/C11H20BrNO2/c1-8(2)9(12)10(14)13-5-6-15-7-11(13,3)4/h8-9H,5-7H2,1-4H3. The maximum absolute atomic E-state index is 12.2. The third-order valence-corrected chi connectivity index (χ3v) is 4.18. The van der Waals surface area contributed by atoms with Crippen LogP contribution in [-0.4, -0.2) is 40.9 Å². The number of morpholine rings is 1. The van der Waals surface area contributed by atoms with Crippen LogP contribution in [0.5, 0.6) is 0 Å². The normalized spacial score (nSPS) is 22.9. The van der Waals surface area contributed by atoms with Crippen LogP contribution >= 0.6 is 15.9 Å². The van der Waals surface area contributed by atoms with E-state index in [-0.39, 0.29) is 16.3 Å². The summed E-state index contributed by atoms with van der Waals surface area (Å²) in [5.74, 6) is 0.495. The minimum absolute atomic E-state index is 0.0881. The highest BCUT2D eigenvalue weighted by Gasteiger charge is 2.37. The van der Waals surface area contributed by atoms with Gasteiger partial charge in [0.05, 0.1) is 23.6 Å². The molecule has 0 radical (unpaired) electrons. The lowest BCUT2D eigenvalue weighted by molar-refractivity contribution is -0.146. The van der Waals surface area contributed by atoms with Gasteiger partial charge in [-0.3, -0.25) is 4.79 Å². The van der Waals surface area contributed by atoms with Crippen molar-refractivity contribution in [3.8, 4) is 0 Å². The fourth-order valence-electron chi connectivity index (χ4n) is 1.70. The van der Waals surface area contributed by atoms with E-state index in [1.165, 1.54) is 0 Å². The molecule has 0 N–H and O–H groups in total. The van der Waals surface area contributed by atoms with Gasteiger partial charge in [-0.1, -0.05) is 29.8 Å². The molecule has 1 aliphatic rings. The predicted octanol–water partition coefficient (Wildman–Crippen LogP) is 2.04. The van der Waals surface area contributed by atoms with Gasteiger partial charge in [0.25, 0.3) is 0 Å². The average molecular weight is 278 g/mol. The lowest BCUT2D eigenvalue weighted by atomic mass is 10.00. The Kier molecular flexibility index (Phi) is 4.18. The number of nitrogens with zero attached hydrogens (tertiary/aromatic N) is 1. The summed E-state index contributed by atoms with van der Waals surface area (Å²) in [5, 5.41) is 0. The number of carbonyl (C=O) groups excluding carboxylic acids is 1. The van der Waals surface area contributed by atoms with Gasteiger partial charge >= 0.3 is 0 Å². The molecule has 0 spiro atoms. The second-order valence-corrected chi connectivity index (χ2v) is 5.99. The summed E-state index contributed by atoms with van der Waals surface area (Å²) in [6.45, 7) is 10.1. The summed E-state index contributed by atoms with van der Waals surface area (Å²) < 4.78 is 5.40. The zero-order valence-electron chi connectivity index (χ0n) is 9.92. The first kappa shape index (κ1) is 13.0. The van der Waals surface area contributed by atoms with Crippen LogP contribution in [-0.2, 0) is 9.53 Å². The second kappa shape index (κ2) is 4.83. The van der Waals surface area contributed by atoms with Gasteiger partial charge in [-0.2, -0.15) is 0 Å². The van der Waals surface area contributed by atoms with Gasteiger partial charge in [-0.25, -0.2) is 0 Å². The van der Waals surface area contributed by atoms with E-state index >= 15 is 0 Å². The van der Waals surface area contributed by atoms with Crippen molar-refractivity contribution in [3.05, 3.63) is 0 Å². The lowest BCUT2D eigenvalue weighted by Crippen LogP contribution is -2.57. The van der Waals surface area contributed by atoms with Crippen LogP contribution in [0.1, 0.15) is 27.7 Å². The summed E-state index contributed by atoms with van der Waals surface area (Å²) in [6, 6.07) is 0. The fraction of sp³-hybridized carbons (Fsp3) is 0.909. The van der Waals surface area contributed by atoms with Gasteiger partial charge in [-0.05, 0) is 19.8 Å². The van der Waals surface area contributed by atoms with Crippen molar-refractivity contribution in [2.45, 2.75) is 38.1 Å². The lowest BCUT2D eigenvalue weighted by Gasteiger charge is -2.43. The molecule has 1 aliphatic heterocycles. The number of alkyl halides is 1. The molecule has 1 amide bonds. The van der Waals surface area contributed by atoms with Gasteiger partial charge < -0.3 is 9.64 Å². The molecule has 1 fully saturated rings. The molecule has 88 valence electrons. The number of hydrogen-bond donors (Lipinski definition) is 0. The predicted molar refractivity (Wildman–Crippen MR) is 64.2 cm³/mol. The minimum Gasteiger partial charge on any atom is -0.377 e. The van der Waals surface area contributed by atoms with E-state index in [1.54, 1.807) is 0 Å². The second-order valence-electron chi connectivity index (χ2n) is 5.00. The Bertz CT molecular complexity index is 241. The molecule has 0 aliphatic carbocycles. The molecule has 0 aromatic rings. The van der Waals surface area contributed by atoms with Gasteiger partial charge in [0.2, 0.25) is 5.91 Å². The number of halogens is 1. The van der Waals surface area contributed by atoms with E-state index in [2.05, 4.69) is 15.9 Å². The fourth-order valence-corrected chi connectivity index (χ4v) is 1.95. The number of hydrogen-bond acceptors (Lipinski definition) is 2. The van der Waals surface area contributed by atoms with Crippen LogP contribution < -0.4 is 0 Å². The summed E-state index contributed by atoms with van der Waals surface area (Å²) >= 11 is 3.46. The van der Waals surface area contributed by atoms with E-state index in [0.29, 0.717) is 25.7 Å². The first-order valence-corrected chi connectivity index (χ1v) is 6.31. The van der Waals surface area contributed by atoms with Crippen molar-refractivity contribution in [2.24, 2.45) is 5.92 Å². The van der Waals surface area contributed by atoms with Crippen LogP contribution in [0.3, 0.4) is 0 Å². The zero-order chi connectivity index (χ0) is 11.6. The van der Waals surface area contributed by atoms with Gasteiger partial charge in [0, 0.05) is 6.54 Å². The third-order valence-electron chi connectivity index (χ3n) is 2.73. The van der Waals surface area contributed by atoms with Crippen LogP contribution in [0.25, 0.3) is 0 Å². The molecule has 0 saturated carbocycles. The number of rotatable bonds is 2. The number of amides is 1. The van der Waals surface area contributed by atoms with E-state index in [1.807, 2.05) is 32.6 Å². The first-order valence-electron chi connectivity index (χ1n) is 5.39. The van der Waals surface area contributed by atoms with E-state index in [4.69, 9.17) is 4.74 Å². The average Bonchev–Trinajstić information content (AvgIpc) is 2.15. The largest absolute Gasteiger partial charge is 0.377 e. The van der Waals surface area contributed by atoms with Crippen molar-refractivity contribution in [1.82, 2.24) is 4.90 Å². The summed E-state index contributed by atoms with van der Waals surface area (Å²) in [4.78, 5) is 14.0. The Labute approximate surface area is 100 Å². The molecule has 3 nitrogen and oxygen atoms in total. The summed E-state index contributed by atoms with van der Waals surface area (Å²) in [6.07, 6.45) is 0. The van der Waals surface area contributed by atoms with Crippen molar-refractivity contribution in [1.29, 1.82) is 0 Å². The van der Waals surface area contributed by atoms with Crippen LogP contribution in [0.4, 0.5) is 0 Å². The van der Waals surface area contributed by atoms with Crippen molar-refractivity contribution in [2.75, 3.05) is 19.8 Å². The number of carbonyl (C=O) groups is 1. The van der Waals surface area contributed by atoms with E-state index in [9.17, 15) is 4.79 Å². The van der Waals surface area contributed by atoms with Gasteiger partial charge in [0.15, 0.2) is 0 Å². The van der Waals surface area contributed by atoms with Gasteiger partial charge in [0.1, 0.15) is 0 Å². The third kappa shape index (κ3) is 2.94. The van der Waals surface area contributed by atoms with Crippen molar-refractivity contribution >= 4 is 21.8 Å². The summed E-state index contributed by atoms with van der Waals surface area (Å²) in [5.41, 5.74) is -0.184. The Hall–Kier alpha value is -0.0900. The molecule has 0 bridgehead atoms. The first-order chi connectivity index (χ1) is 6.86. The van der Waals surface area contributed by atoms with Crippen LogP contribution in [0, 0.1) is 5.92 Å².